The van der Waals surface area contributed by atoms with Crippen molar-refractivity contribution >= 4 is 28.9 Å². The number of rotatable bonds is 8. The molecule has 1 atom stereocenters. The summed E-state index contributed by atoms with van der Waals surface area (Å²) in [5.74, 6) is -1.71. The van der Waals surface area contributed by atoms with Crippen molar-refractivity contribution in [3.05, 3.63) is 95.7 Å². The Morgan fingerprint density at radius 2 is 1.52 bits per heavy atom. The van der Waals surface area contributed by atoms with Crippen LogP contribution in [-0.4, -0.2) is 46.0 Å². The van der Waals surface area contributed by atoms with E-state index in [1.54, 1.807) is 31.5 Å². The smallest absolute Gasteiger partial charge is 0.407 e. The number of hydrogen-bond acceptors (Lipinski definition) is 5. The number of nitrogens with one attached hydrogen (secondary N) is 1. The number of carbonyl (C=O) groups is 3. The maximum absolute atomic E-state index is 12.8. The van der Waals surface area contributed by atoms with E-state index in [4.69, 9.17) is 9.47 Å². The van der Waals surface area contributed by atoms with E-state index in [2.05, 4.69) is 5.32 Å². The van der Waals surface area contributed by atoms with Gasteiger partial charge in [-0.05, 0) is 54.7 Å². The second kappa shape index (κ2) is 10.9. The van der Waals surface area contributed by atoms with Gasteiger partial charge in [0.25, 0.3) is 0 Å². The number of nitrogens with zero attached hydrogens (tertiary/aromatic N) is 1. The molecule has 1 heterocycles. The number of carboxylic acid groups (broad SMARTS) is 1. The third-order valence-corrected chi connectivity index (χ3v) is 6.95. The summed E-state index contributed by atoms with van der Waals surface area (Å²) in [4.78, 5) is 37.4. The highest BCUT2D eigenvalue weighted by Crippen LogP contribution is 2.44. The molecule has 0 saturated carbocycles. The SMILES string of the molecule is CC(C)(C)OC(=O)Cn1cc(C[C@H](NC(=O)OCC2c3ccccc3-c3ccccc32)C(=O)O)c2ccccc21. The van der Waals surface area contributed by atoms with Gasteiger partial charge in [-0.1, -0.05) is 66.7 Å². The van der Waals surface area contributed by atoms with Crippen LogP contribution in [0.4, 0.5) is 4.79 Å². The van der Waals surface area contributed by atoms with Gasteiger partial charge >= 0.3 is 18.0 Å². The summed E-state index contributed by atoms with van der Waals surface area (Å²) in [6.45, 7) is 5.47. The van der Waals surface area contributed by atoms with Gasteiger partial charge in [0.05, 0.1) is 0 Å². The fourth-order valence-electron chi connectivity index (χ4n) is 5.33. The Balaban J connectivity index is 1.29. The van der Waals surface area contributed by atoms with E-state index in [9.17, 15) is 19.5 Å². The fraction of sp³-hybridized carbons (Fsp3) is 0.281. The van der Waals surface area contributed by atoms with Crippen LogP contribution in [0.25, 0.3) is 22.0 Å². The minimum absolute atomic E-state index is 0.0152. The number of esters is 1. The Bertz CT molecular complexity index is 1540. The minimum atomic E-state index is -1.23. The summed E-state index contributed by atoms with van der Waals surface area (Å²) in [6.07, 6.45) is 0.956. The molecular formula is C32H32N2O6. The van der Waals surface area contributed by atoms with Crippen LogP contribution >= 0.6 is 0 Å². The lowest BCUT2D eigenvalue weighted by Crippen LogP contribution is -2.42. The van der Waals surface area contributed by atoms with Crippen LogP contribution in [0.15, 0.2) is 79.0 Å². The molecule has 0 bridgehead atoms. The second-order valence-corrected chi connectivity index (χ2v) is 11.0. The molecule has 2 N–H and O–H groups in total. The van der Waals surface area contributed by atoms with E-state index in [1.807, 2.05) is 72.8 Å². The van der Waals surface area contributed by atoms with Gasteiger partial charge in [-0.2, -0.15) is 0 Å². The highest BCUT2D eigenvalue weighted by atomic mass is 16.6. The van der Waals surface area contributed by atoms with Crippen molar-refractivity contribution in [3.63, 3.8) is 0 Å². The first-order valence-corrected chi connectivity index (χ1v) is 13.2. The Hall–Kier alpha value is -4.59. The summed E-state index contributed by atoms with van der Waals surface area (Å²) in [6, 6.07) is 22.2. The largest absolute Gasteiger partial charge is 0.480 e. The molecule has 1 aliphatic carbocycles. The van der Waals surface area contributed by atoms with Gasteiger partial charge in [0.1, 0.15) is 24.8 Å². The lowest BCUT2D eigenvalue weighted by Gasteiger charge is -2.19. The first-order valence-electron chi connectivity index (χ1n) is 13.2. The molecule has 1 aromatic heterocycles. The number of amides is 1. The van der Waals surface area contributed by atoms with Crippen LogP contribution in [0.3, 0.4) is 0 Å². The number of benzene rings is 3. The van der Waals surface area contributed by atoms with Crippen molar-refractivity contribution in [1.82, 2.24) is 9.88 Å². The van der Waals surface area contributed by atoms with Gasteiger partial charge in [-0.25, -0.2) is 9.59 Å². The summed E-state index contributed by atoms with van der Waals surface area (Å²) < 4.78 is 12.8. The molecule has 4 aromatic rings. The molecular weight excluding hydrogens is 508 g/mol. The van der Waals surface area contributed by atoms with Crippen LogP contribution in [-0.2, 0) is 32.0 Å². The van der Waals surface area contributed by atoms with E-state index in [1.165, 1.54) is 0 Å². The summed E-state index contributed by atoms with van der Waals surface area (Å²) in [7, 11) is 0. The van der Waals surface area contributed by atoms with Crippen LogP contribution in [0, 0.1) is 0 Å². The van der Waals surface area contributed by atoms with Crippen LogP contribution in [0.5, 0.6) is 0 Å². The molecule has 0 radical (unpaired) electrons. The number of aromatic nitrogens is 1. The Kier molecular flexibility index (Phi) is 7.34. The molecule has 3 aromatic carbocycles. The van der Waals surface area contributed by atoms with Crippen molar-refractivity contribution in [2.75, 3.05) is 6.61 Å². The molecule has 5 rings (SSSR count). The third-order valence-electron chi connectivity index (χ3n) is 6.95. The number of aliphatic carboxylic acids is 1. The van der Waals surface area contributed by atoms with Crippen LogP contribution in [0.2, 0.25) is 0 Å². The van der Waals surface area contributed by atoms with Gasteiger partial charge in [0.15, 0.2) is 0 Å². The normalized spacial score (nSPS) is 13.4. The minimum Gasteiger partial charge on any atom is -0.480 e. The van der Waals surface area contributed by atoms with Crippen molar-refractivity contribution in [1.29, 1.82) is 0 Å². The summed E-state index contributed by atoms with van der Waals surface area (Å²) in [5, 5.41) is 13.2. The average molecular weight is 541 g/mol. The Morgan fingerprint density at radius 1 is 0.925 bits per heavy atom. The maximum atomic E-state index is 12.8. The lowest BCUT2D eigenvalue weighted by atomic mass is 9.98. The van der Waals surface area contributed by atoms with Crippen LogP contribution in [0.1, 0.15) is 43.4 Å². The topological polar surface area (TPSA) is 107 Å². The van der Waals surface area contributed by atoms with E-state index >= 15 is 0 Å². The number of carboxylic acids is 1. The monoisotopic (exact) mass is 540 g/mol. The number of ether oxygens (including phenoxy) is 2. The molecule has 1 aliphatic rings. The van der Waals surface area contributed by atoms with Crippen molar-refractivity contribution < 1.29 is 29.0 Å². The number of carbonyl (C=O) groups excluding carboxylic acids is 2. The summed E-state index contributed by atoms with van der Waals surface area (Å²) >= 11 is 0. The predicted molar refractivity (Wildman–Crippen MR) is 151 cm³/mol. The average Bonchev–Trinajstić information content (AvgIpc) is 3.41. The maximum Gasteiger partial charge on any atom is 0.407 e. The molecule has 1 amide bonds. The molecule has 40 heavy (non-hydrogen) atoms. The van der Waals surface area contributed by atoms with Crippen molar-refractivity contribution in [2.45, 2.75) is 51.3 Å². The molecule has 206 valence electrons. The Labute approximate surface area is 232 Å². The van der Waals surface area contributed by atoms with Crippen molar-refractivity contribution in [3.8, 4) is 11.1 Å². The first-order chi connectivity index (χ1) is 19.1. The molecule has 8 heteroatoms. The zero-order valence-corrected chi connectivity index (χ0v) is 22.7. The molecule has 0 saturated heterocycles. The van der Waals surface area contributed by atoms with E-state index in [-0.39, 0.29) is 25.5 Å². The molecule has 8 nitrogen and oxygen atoms in total. The third kappa shape index (κ3) is 5.71. The van der Waals surface area contributed by atoms with Gasteiger partial charge in [0, 0.05) is 29.4 Å². The molecule has 0 fully saturated rings. The number of para-hydroxylation sites is 1. The van der Waals surface area contributed by atoms with E-state index in [0.29, 0.717) is 5.56 Å². The van der Waals surface area contributed by atoms with Crippen molar-refractivity contribution in [2.24, 2.45) is 0 Å². The number of hydrogen-bond donors (Lipinski definition) is 2. The van der Waals surface area contributed by atoms with Gasteiger partial charge in [0.2, 0.25) is 0 Å². The van der Waals surface area contributed by atoms with E-state index in [0.717, 1.165) is 33.2 Å². The van der Waals surface area contributed by atoms with E-state index < -0.39 is 29.7 Å². The Morgan fingerprint density at radius 3 is 2.15 bits per heavy atom. The fourth-order valence-corrected chi connectivity index (χ4v) is 5.33. The van der Waals surface area contributed by atoms with Crippen LogP contribution < -0.4 is 5.32 Å². The lowest BCUT2D eigenvalue weighted by molar-refractivity contribution is -0.155. The zero-order valence-electron chi connectivity index (χ0n) is 22.7. The summed E-state index contributed by atoms with van der Waals surface area (Å²) in [5.41, 5.74) is 5.20. The van der Waals surface area contributed by atoms with Gasteiger partial charge in [-0.3, -0.25) is 4.79 Å². The predicted octanol–water partition coefficient (Wildman–Crippen LogP) is 5.52. The first kappa shape index (κ1) is 27.0. The highest BCUT2D eigenvalue weighted by molar-refractivity contribution is 5.87. The number of fused-ring (bicyclic) bond motifs is 4. The van der Waals surface area contributed by atoms with Gasteiger partial charge in [-0.15, -0.1) is 0 Å². The molecule has 0 unspecified atom stereocenters. The highest BCUT2D eigenvalue weighted by Gasteiger charge is 2.30. The molecule has 0 spiro atoms. The standard InChI is InChI=1S/C32H32N2O6/c1-32(2,3)40-29(35)18-34-17-20(21-10-8-9-15-28(21)34)16-27(30(36)37)33-31(38)39-19-26-24-13-6-4-11-22(24)23-12-5-7-14-25(23)26/h4-15,17,26-27H,16,18-19H2,1-3H3,(H,33,38)(H,36,37)/t27-/m0/s1. The quantitative estimate of drug-likeness (QED) is 0.285. The zero-order chi connectivity index (χ0) is 28.4. The second-order valence-electron chi connectivity index (χ2n) is 11.0. The molecule has 0 aliphatic heterocycles. The number of alkyl carbamates (subject to hydrolysis) is 1. The van der Waals surface area contributed by atoms with Gasteiger partial charge < -0.3 is 24.5 Å².